The Hall–Kier alpha value is -4.10. The van der Waals surface area contributed by atoms with Crippen molar-refractivity contribution in [3.05, 3.63) is 87.2 Å². The van der Waals surface area contributed by atoms with Gasteiger partial charge in [-0.3, -0.25) is 4.79 Å². The number of fused-ring (bicyclic) bond motifs is 2. The molecule has 0 amide bonds. The van der Waals surface area contributed by atoms with Gasteiger partial charge in [0.05, 0.1) is 30.3 Å². The molecule has 0 fully saturated rings. The Balaban J connectivity index is 1.68. The van der Waals surface area contributed by atoms with Crippen LogP contribution >= 0.6 is 11.6 Å². The average Bonchev–Trinajstić information content (AvgIpc) is 3.29. The second-order valence-electron chi connectivity index (χ2n) is 8.13. The van der Waals surface area contributed by atoms with Crippen molar-refractivity contribution in [3.8, 4) is 23.1 Å². The number of nitrogens with zero attached hydrogens (tertiary/aromatic N) is 3. The molecule has 2 aromatic heterocycles. The van der Waals surface area contributed by atoms with Crippen LogP contribution in [0.25, 0.3) is 33.5 Å². The lowest BCUT2D eigenvalue weighted by Gasteiger charge is -2.13. The summed E-state index contributed by atoms with van der Waals surface area (Å²) in [5.74, 6) is 1.98. The maximum atomic E-state index is 13.5. The number of hydrogen-bond donors (Lipinski definition) is 0. The Morgan fingerprint density at radius 2 is 1.78 bits per heavy atom. The van der Waals surface area contributed by atoms with Gasteiger partial charge in [-0.15, -0.1) is 0 Å². The van der Waals surface area contributed by atoms with Gasteiger partial charge < -0.3 is 13.9 Å². The zero-order chi connectivity index (χ0) is 25.2. The van der Waals surface area contributed by atoms with E-state index in [9.17, 15) is 4.79 Å². The minimum atomic E-state index is -0.307. The van der Waals surface area contributed by atoms with Crippen LogP contribution in [-0.4, -0.2) is 29.1 Å². The van der Waals surface area contributed by atoms with E-state index in [-0.39, 0.29) is 11.4 Å². The lowest BCUT2D eigenvalue weighted by molar-refractivity contribution is 0.287. The van der Waals surface area contributed by atoms with E-state index in [0.717, 1.165) is 16.5 Å². The molecular weight excluding hydrogens is 478 g/mol. The molecule has 182 valence electrons. The first kappa shape index (κ1) is 23.6. The molecule has 0 bridgehead atoms. The van der Waals surface area contributed by atoms with Gasteiger partial charge in [-0.05, 0) is 74.9 Å². The summed E-state index contributed by atoms with van der Waals surface area (Å²) in [5, 5.41) is 6.41. The molecule has 0 atom stereocenters. The van der Waals surface area contributed by atoms with Crippen LogP contribution in [0.15, 0.2) is 75.0 Å². The van der Waals surface area contributed by atoms with E-state index in [1.165, 1.54) is 4.68 Å². The summed E-state index contributed by atoms with van der Waals surface area (Å²) >= 11 is 6.15. The second-order valence-corrected chi connectivity index (χ2v) is 8.56. The molecule has 0 aliphatic heterocycles. The molecule has 2 heterocycles. The van der Waals surface area contributed by atoms with Gasteiger partial charge in [0.2, 0.25) is 5.82 Å². The van der Waals surface area contributed by atoms with Crippen molar-refractivity contribution in [2.45, 2.75) is 20.8 Å². The van der Waals surface area contributed by atoms with Crippen LogP contribution in [0.4, 0.5) is 0 Å². The van der Waals surface area contributed by atoms with Crippen molar-refractivity contribution in [2.75, 3.05) is 13.2 Å². The third-order valence-corrected chi connectivity index (χ3v) is 5.93. The fourth-order valence-electron chi connectivity index (χ4n) is 3.99. The van der Waals surface area contributed by atoms with Crippen molar-refractivity contribution in [2.24, 2.45) is 5.10 Å². The highest BCUT2D eigenvalue weighted by atomic mass is 35.5. The summed E-state index contributed by atoms with van der Waals surface area (Å²) in [6.45, 7) is 6.81. The quantitative estimate of drug-likeness (QED) is 0.239. The normalized spacial score (nSPS) is 11.6. The number of ether oxygens (including phenoxy) is 2. The number of rotatable bonds is 7. The maximum Gasteiger partial charge on any atom is 0.282 e. The van der Waals surface area contributed by atoms with Crippen molar-refractivity contribution in [3.63, 3.8) is 0 Å². The molecule has 0 unspecified atom stereocenters. The van der Waals surface area contributed by atoms with Gasteiger partial charge in [0.1, 0.15) is 5.58 Å². The fourth-order valence-corrected chi connectivity index (χ4v) is 4.17. The minimum Gasteiger partial charge on any atom is -0.490 e. The lowest BCUT2D eigenvalue weighted by atomic mass is 10.1. The highest BCUT2D eigenvalue weighted by Crippen LogP contribution is 2.31. The molecule has 0 aliphatic rings. The van der Waals surface area contributed by atoms with E-state index in [0.29, 0.717) is 52.0 Å². The molecule has 0 spiro atoms. The predicted molar refractivity (Wildman–Crippen MR) is 143 cm³/mol. The molecule has 3 aromatic carbocycles. The Morgan fingerprint density at radius 3 is 2.56 bits per heavy atom. The van der Waals surface area contributed by atoms with Crippen molar-refractivity contribution < 1.29 is 13.9 Å². The van der Waals surface area contributed by atoms with Gasteiger partial charge in [-0.25, -0.2) is 4.98 Å². The molecule has 36 heavy (non-hydrogen) atoms. The van der Waals surface area contributed by atoms with Gasteiger partial charge in [0.15, 0.2) is 17.3 Å². The number of aromatic nitrogens is 2. The number of aryl methyl sites for hydroxylation is 1. The first-order chi connectivity index (χ1) is 17.5. The van der Waals surface area contributed by atoms with Crippen LogP contribution < -0.4 is 15.0 Å². The van der Waals surface area contributed by atoms with Crippen LogP contribution in [0, 0.1) is 6.92 Å². The van der Waals surface area contributed by atoms with E-state index in [1.54, 1.807) is 48.7 Å². The first-order valence-electron chi connectivity index (χ1n) is 11.6. The highest BCUT2D eigenvalue weighted by molar-refractivity contribution is 6.31. The number of hydrogen-bond acceptors (Lipinski definition) is 6. The topological polar surface area (TPSA) is 78.9 Å². The molecule has 7 nitrogen and oxygen atoms in total. The first-order valence-corrected chi connectivity index (χ1v) is 12.0. The smallest absolute Gasteiger partial charge is 0.282 e. The third-order valence-electron chi connectivity index (χ3n) is 5.70. The number of halogens is 1. The second kappa shape index (κ2) is 9.87. The Labute approximate surface area is 212 Å². The lowest BCUT2D eigenvalue weighted by Crippen LogP contribution is -2.20. The summed E-state index contributed by atoms with van der Waals surface area (Å²) in [6, 6.07) is 18.1. The van der Waals surface area contributed by atoms with E-state index in [4.69, 9.17) is 30.5 Å². The standard InChI is InChI=1S/C28H24ClN3O4/c1-4-34-24-12-17(3)19(15-25(24)35-5-2)16-30-32-27(31-22-9-7-6-8-21(22)28(32)33)26-14-18-13-20(29)10-11-23(18)36-26/h6-16H,4-5H2,1-3H3. The fraction of sp³-hybridized carbons (Fsp3) is 0.179. The molecular formula is C28H24ClN3O4. The zero-order valence-corrected chi connectivity index (χ0v) is 20.9. The van der Waals surface area contributed by atoms with Crippen LogP contribution in [0.2, 0.25) is 5.02 Å². The highest BCUT2D eigenvalue weighted by Gasteiger charge is 2.17. The molecule has 0 saturated carbocycles. The molecule has 0 radical (unpaired) electrons. The van der Waals surface area contributed by atoms with Gasteiger partial charge >= 0.3 is 0 Å². The summed E-state index contributed by atoms with van der Waals surface area (Å²) in [6.07, 6.45) is 1.62. The molecule has 5 rings (SSSR count). The zero-order valence-electron chi connectivity index (χ0n) is 20.1. The van der Waals surface area contributed by atoms with Crippen molar-refractivity contribution in [1.82, 2.24) is 9.66 Å². The van der Waals surface area contributed by atoms with Gasteiger partial charge in [-0.2, -0.15) is 9.78 Å². The Morgan fingerprint density at radius 1 is 1.03 bits per heavy atom. The maximum absolute atomic E-state index is 13.5. The van der Waals surface area contributed by atoms with Crippen LogP contribution in [0.5, 0.6) is 11.5 Å². The Bertz CT molecular complexity index is 1670. The van der Waals surface area contributed by atoms with E-state index >= 15 is 0 Å². The monoisotopic (exact) mass is 501 g/mol. The summed E-state index contributed by atoms with van der Waals surface area (Å²) in [5.41, 5.74) is 2.59. The van der Waals surface area contributed by atoms with Gasteiger partial charge in [0.25, 0.3) is 5.56 Å². The molecule has 8 heteroatoms. The summed E-state index contributed by atoms with van der Waals surface area (Å²) in [7, 11) is 0. The molecule has 0 N–H and O–H groups in total. The van der Waals surface area contributed by atoms with E-state index < -0.39 is 0 Å². The van der Waals surface area contributed by atoms with Crippen LogP contribution in [0.1, 0.15) is 25.0 Å². The van der Waals surface area contributed by atoms with E-state index in [1.807, 2.05) is 39.0 Å². The van der Waals surface area contributed by atoms with Gasteiger partial charge in [0, 0.05) is 16.0 Å². The average molecular weight is 502 g/mol. The molecule has 0 aliphatic carbocycles. The van der Waals surface area contributed by atoms with Crippen molar-refractivity contribution >= 4 is 39.7 Å². The molecule has 0 saturated heterocycles. The Kier molecular flexibility index (Phi) is 6.48. The molecule has 5 aromatic rings. The number of benzene rings is 3. The van der Waals surface area contributed by atoms with E-state index in [2.05, 4.69) is 5.10 Å². The van der Waals surface area contributed by atoms with Crippen LogP contribution in [0.3, 0.4) is 0 Å². The summed E-state index contributed by atoms with van der Waals surface area (Å²) < 4.78 is 18.8. The number of furan rings is 1. The number of para-hydroxylation sites is 1. The van der Waals surface area contributed by atoms with Gasteiger partial charge in [-0.1, -0.05) is 23.7 Å². The van der Waals surface area contributed by atoms with Crippen LogP contribution in [-0.2, 0) is 0 Å². The predicted octanol–water partition coefficient (Wildman–Crippen LogP) is 6.45. The van der Waals surface area contributed by atoms with Crippen molar-refractivity contribution in [1.29, 1.82) is 0 Å². The third kappa shape index (κ3) is 4.45. The minimum absolute atomic E-state index is 0.288. The SMILES string of the molecule is CCOc1cc(C)c(C=Nn2c(-c3cc4cc(Cl)ccc4o3)nc3ccccc3c2=O)cc1OCC. The largest absolute Gasteiger partial charge is 0.490 e. The summed E-state index contributed by atoms with van der Waals surface area (Å²) in [4.78, 5) is 18.2.